The van der Waals surface area contributed by atoms with E-state index in [2.05, 4.69) is 29.1 Å². The van der Waals surface area contributed by atoms with Crippen molar-refractivity contribution in [1.82, 2.24) is 15.1 Å². The van der Waals surface area contributed by atoms with Crippen molar-refractivity contribution < 1.29 is 0 Å². The first kappa shape index (κ1) is 13.9. The lowest BCUT2D eigenvalue weighted by Crippen LogP contribution is -2.37. The third-order valence-corrected chi connectivity index (χ3v) is 3.67. The van der Waals surface area contributed by atoms with E-state index in [4.69, 9.17) is 0 Å². The molecule has 1 unspecified atom stereocenters. The van der Waals surface area contributed by atoms with Crippen LogP contribution in [-0.4, -0.2) is 62.7 Å². The minimum Gasteiger partial charge on any atom is -0.318 e. The lowest BCUT2D eigenvalue weighted by atomic mass is 10.1. The van der Waals surface area contributed by atoms with Gasteiger partial charge in [0.05, 0.1) is 0 Å². The molecule has 16 heavy (non-hydrogen) atoms. The molecular formula is C13H29N3. The minimum absolute atomic E-state index is 0.801. The van der Waals surface area contributed by atoms with E-state index in [1.165, 1.54) is 51.9 Å². The Morgan fingerprint density at radius 1 is 1.31 bits per heavy atom. The monoisotopic (exact) mass is 227 g/mol. The fourth-order valence-corrected chi connectivity index (χ4v) is 2.59. The van der Waals surface area contributed by atoms with Crippen molar-refractivity contribution in [3.05, 3.63) is 0 Å². The van der Waals surface area contributed by atoms with Crippen molar-refractivity contribution in [3.8, 4) is 0 Å². The molecule has 1 aliphatic heterocycles. The predicted octanol–water partition coefficient (Wildman–Crippen LogP) is 1.40. The van der Waals surface area contributed by atoms with Gasteiger partial charge in [0, 0.05) is 19.1 Å². The van der Waals surface area contributed by atoms with Crippen molar-refractivity contribution in [3.63, 3.8) is 0 Å². The highest BCUT2D eigenvalue weighted by Gasteiger charge is 2.19. The lowest BCUT2D eigenvalue weighted by Gasteiger charge is -2.27. The highest BCUT2D eigenvalue weighted by molar-refractivity contribution is 4.76. The fraction of sp³-hybridized carbons (Fsp3) is 1.00. The largest absolute Gasteiger partial charge is 0.318 e. The van der Waals surface area contributed by atoms with Crippen LogP contribution in [0.15, 0.2) is 0 Å². The standard InChI is InChI=1S/C13H29N3/c1-4-9-16-10-5-6-13(7-11-16)15(3)12-8-14-2/h13-14H,4-12H2,1-3H3. The molecule has 3 heteroatoms. The first-order chi connectivity index (χ1) is 7.77. The number of hydrogen-bond donors (Lipinski definition) is 1. The second kappa shape index (κ2) is 8.04. The molecular weight excluding hydrogens is 198 g/mol. The van der Waals surface area contributed by atoms with Crippen LogP contribution >= 0.6 is 0 Å². The van der Waals surface area contributed by atoms with Gasteiger partial charge < -0.3 is 15.1 Å². The third-order valence-electron chi connectivity index (χ3n) is 3.67. The van der Waals surface area contributed by atoms with Gasteiger partial charge in [0.15, 0.2) is 0 Å². The first-order valence-corrected chi connectivity index (χ1v) is 6.85. The van der Waals surface area contributed by atoms with E-state index in [9.17, 15) is 0 Å². The van der Waals surface area contributed by atoms with Gasteiger partial charge in [-0.1, -0.05) is 6.92 Å². The quantitative estimate of drug-likeness (QED) is 0.740. The van der Waals surface area contributed by atoms with Crippen LogP contribution in [0.5, 0.6) is 0 Å². The number of rotatable bonds is 6. The SMILES string of the molecule is CCCN1CCCC(N(C)CCNC)CC1. The Labute approximate surface area is 101 Å². The first-order valence-electron chi connectivity index (χ1n) is 6.85. The van der Waals surface area contributed by atoms with Gasteiger partial charge in [-0.15, -0.1) is 0 Å². The molecule has 0 spiro atoms. The van der Waals surface area contributed by atoms with Gasteiger partial charge in [-0.2, -0.15) is 0 Å². The molecule has 0 aromatic carbocycles. The average molecular weight is 227 g/mol. The molecule has 1 fully saturated rings. The Kier molecular flexibility index (Phi) is 7.01. The van der Waals surface area contributed by atoms with Crippen molar-refractivity contribution in [1.29, 1.82) is 0 Å². The lowest BCUT2D eigenvalue weighted by molar-refractivity contribution is 0.216. The number of likely N-dealkylation sites (tertiary alicyclic amines) is 1. The maximum absolute atomic E-state index is 3.23. The van der Waals surface area contributed by atoms with Gasteiger partial charge in [0.25, 0.3) is 0 Å². The molecule has 0 bridgehead atoms. The molecule has 0 radical (unpaired) electrons. The van der Waals surface area contributed by atoms with E-state index in [0.29, 0.717) is 0 Å². The molecule has 1 saturated heterocycles. The van der Waals surface area contributed by atoms with E-state index >= 15 is 0 Å². The summed E-state index contributed by atoms with van der Waals surface area (Å²) in [5, 5.41) is 3.23. The molecule has 1 rings (SSSR count). The summed E-state index contributed by atoms with van der Waals surface area (Å²) in [6, 6.07) is 0.801. The van der Waals surface area contributed by atoms with E-state index in [-0.39, 0.29) is 0 Å². The summed E-state index contributed by atoms with van der Waals surface area (Å²) in [4.78, 5) is 5.16. The molecule has 0 aliphatic carbocycles. The van der Waals surface area contributed by atoms with Crippen molar-refractivity contribution in [2.75, 3.05) is 46.8 Å². The Morgan fingerprint density at radius 2 is 2.12 bits per heavy atom. The zero-order valence-corrected chi connectivity index (χ0v) is 11.3. The van der Waals surface area contributed by atoms with Crippen molar-refractivity contribution in [2.24, 2.45) is 0 Å². The smallest absolute Gasteiger partial charge is 0.0107 e. The summed E-state index contributed by atoms with van der Waals surface area (Å²) in [6.45, 7) is 8.45. The highest BCUT2D eigenvalue weighted by Crippen LogP contribution is 2.15. The molecule has 0 aromatic heterocycles. The fourth-order valence-electron chi connectivity index (χ4n) is 2.59. The Bertz CT molecular complexity index is 173. The van der Waals surface area contributed by atoms with Gasteiger partial charge in [0.2, 0.25) is 0 Å². The van der Waals surface area contributed by atoms with Gasteiger partial charge >= 0.3 is 0 Å². The maximum atomic E-state index is 3.23. The van der Waals surface area contributed by atoms with E-state index in [0.717, 1.165) is 12.6 Å². The van der Waals surface area contributed by atoms with Crippen molar-refractivity contribution in [2.45, 2.75) is 38.6 Å². The average Bonchev–Trinajstić information content (AvgIpc) is 2.52. The Hall–Kier alpha value is -0.120. The van der Waals surface area contributed by atoms with Crippen LogP contribution in [0, 0.1) is 0 Å². The van der Waals surface area contributed by atoms with Crippen LogP contribution in [0.4, 0.5) is 0 Å². The predicted molar refractivity (Wildman–Crippen MR) is 70.9 cm³/mol. The molecule has 1 atom stereocenters. The molecule has 0 saturated carbocycles. The molecule has 96 valence electrons. The summed E-state index contributed by atoms with van der Waals surface area (Å²) in [7, 11) is 4.31. The summed E-state index contributed by atoms with van der Waals surface area (Å²) in [6.07, 6.45) is 5.38. The number of nitrogens with one attached hydrogen (secondary N) is 1. The van der Waals surface area contributed by atoms with Gasteiger partial charge in [-0.3, -0.25) is 0 Å². The molecule has 3 nitrogen and oxygen atoms in total. The summed E-state index contributed by atoms with van der Waals surface area (Å²) in [5.41, 5.74) is 0. The van der Waals surface area contributed by atoms with Crippen LogP contribution in [0.2, 0.25) is 0 Å². The number of nitrogens with zero attached hydrogens (tertiary/aromatic N) is 2. The van der Waals surface area contributed by atoms with Gasteiger partial charge in [-0.05, 0) is 59.4 Å². The van der Waals surface area contributed by atoms with Crippen molar-refractivity contribution >= 4 is 0 Å². The zero-order valence-electron chi connectivity index (χ0n) is 11.3. The number of likely N-dealkylation sites (N-methyl/N-ethyl adjacent to an activating group) is 2. The van der Waals surface area contributed by atoms with E-state index in [1.807, 2.05) is 7.05 Å². The topological polar surface area (TPSA) is 18.5 Å². The summed E-state index contributed by atoms with van der Waals surface area (Å²) in [5.74, 6) is 0. The number of hydrogen-bond acceptors (Lipinski definition) is 3. The van der Waals surface area contributed by atoms with E-state index in [1.54, 1.807) is 0 Å². The Balaban J connectivity index is 2.28. The molecule has 1 heterocycles. The minimum atomic E-state index is 0.801. The molecule has 1 aliphatic rings. The van der Waals surface area contributed by atoms with Crippen LogP contribution in [0.3, 0.4) is 0 Å². The van der Waals surface area contributed by atoms with Gasteiger partial charge in [-0.25, -0.2) is 0 Å². The molecule has 0 aromatic rings. The molecule has 0 amide bonds. The van der Waals surface area contributed by atoms with E-state index < -0.39 is 0 Å². The summed E-state index contributed by atoms with van der Waals surface area (Å²) < 4.78 is 0. The van der Waals surface area contributed by atoms with Crippen LogP contribution < -0.4 is 5.32 Å². The van der Waals surface area contributed by atoms with Crippen LogP contribution in [-0.2, 0) is 0 Å². The molecule has 1 N–H and O–H groups in total. The second-order valence-corrected chi connectivity index (χ2v) is 5.01. The third kappa shape index (κ3) is 4.81. The zero-order chi connectivity index (χ0) is 11.8. The Morgan fingerprint density at radius 3 is 2.81 bits per heavy atom. The van der Waals surface area contributed by atoms with Crippen LogP contribution in [0.25, 0.3) is 0 Å². The highest BCUT2D eigenvalue weighted by atomic mass is 15.2. The second-order valence-electron chi connectivity index (χ2n) is 5.01. The van der Waals surface area contributed by atoms with Gasteiger partial charge in [0.1, 0.15) is 0 Å². The van der Waals surface area contributed by atoms with Crippen LogP contribution in [0.1, 0.15) is 32.6 Å². The maximum Gasteiger partial charge on any atom is 0.0107 e. The normalized spacial score (nSPS) is 23.6. The summed E-state index contributed by atoms with van der Waals surface area (Å²) >= 11 is 0.